The van der Waals surface area contributed by atoms with Gasteiger partial charge in [0.15, 0.2) is 5.78 Å². The van der Waals surface area contributed by atoms with Crippen LogP contribution in [0.3, 0.4) is 0 Å². The number of carbonyl (C=O) groups excluding carboxylic acids is 1. The number of hydrogen-bond acceptors (Lipinski definition) is 3. The lowest BCUT2D eigenvalue weighted by Crippen LogP contribution is -2.41. The van der Waals surface area contributed by atoms with Gasteiger partial charge in [-0.05, 0) is 44.9 Å². The Morgan fingerprint density at radius 2 is 2.22 bits per heavy atom. The molecule has 3 heteroatoms. The van der Waals surface area contributed by atoms with Crippen molar-refractivity contribution in [3.63, 3.8) is 0 Å². The number of rotatable bonds is 3. The Balaban J connectivity index is 2.05. The predicted octanol–water partition coefficient (Wildman–Crippen LogP) is 1.94. The average molecular weight is 247 g/mol. The van der Waals surface area contributed by atoms with Crippen LogP contribution in [-0.2, 0) is 0 Å². The molecule has 1 N–H and O–H groups in total. The van der Waals surface area contributed by atoms with Crippen molar-refractivity contribution in [3.05, 3.63) is 34.9 Å². The standard InChI is InChI=1S/C15H21NO2/c1-11-5-6-12(2)14(8-11)15(18)10-16-7-3-4-13(17)9-16/h5-6,8,13,17H,3-4,7,9-10H2,1-2H3. The van der Waals surface area contributed by atoms with Crippen LogP contribution in [-0.4, -0.2) is 41.5 Å². The number of piperidine rings is 1. The number of β-amino-alcohol motifs (C(OH)–C–C–N with tert-alkyl or cyclic N) is 1. The van der Waals surface area contributed by atoms with E-state index in [0.29, 0.717) is 13.1 Å². The molecule has 0 amide bonds. The molecule has 1 fully saturated rings. The van der Waals surface area contributed by atoms with Crippen LogP contribution >= 0.6 is 0 Å². The van der Waals surface area contributed by atoms with Crippen molar-refractivity contribution in [1.82, 2.24) is 4.90 Å². The molecule has 98 valence electrons. The second kappa shape index (κ2) is 5.63. The van der Waals surface area contributed by atoms with Crippen molar-refractivity contribution in [2.75, 3.05) is 19.6 Å². The summed E-state index contributed by atoms with van der Waals surface area (Å²) in [6.07, 6.45) is 1.56. The van der Waals surface area contributed by atoms with Gasteiger partial charge in [-0.15, -0.1) is 0 Å². The Bertz CT molecular complexity index is 442. The van der Waals surface area contributed by atoms with E-state index >= 15 is 0 Å². The van der Waals surface area contributed by atoms with E-state index in [4.69, 9.17) is 0 Å². The summed E-state index contributed by atoms with van der Waals surface area (Å²) in [4.78, 5) is 14.3. The molecule has 0 spiro atoms. The first-order valence-electron chi connectivity index (χ1n) is 6.57. The number of hydrogen-bond donors (Lipinski definition) is 1. The van der Waals surface area contributed by atoms with E-state index in [0.717, 1.165) is 36.1 Å². The van der Waals surface area contributed by atoms with Gasteiger partial charge in [0.25, 0.3) is 0 Å². The number of Topliss-reactive ketones (excluding diaryl/α,β-unsaturated/α-hetero) is 1. The smallest absolute Gasteiger partial charge is 0.177 e. The van der Waals surface area contributed by atoms with E-state index in [2.05, 4.69) is 4.90 Å². The topological polar surface area (TPSA) is 40.5 Å². The highest BCUT2D eigenvalue weighted by atomic mass is 16.3. The molecule has 18 heavy (non-hydrogen) atoms. The molecule has 0 radical (unpaired) electrons. The summed E-state index contributed by atoms with van der Waals surface area (Å²) in [5.41, 5.74) is 2.96. The molecule has 1 aromatic rings. The minimum absolute atomic E-state index is 0.158. The zero-order valence-electron chi connectivity index (χ0n) is 11.1. The summed E-state index contributed by atoms with van der Waals surface area (Å²) in [7, 11) is 0. The molecule has 1 aromatic carbocycles. The number of benzene rings is 1. The van der Waals surface area contributed by atoms with Gasteiger partial charge in [-0.25, -0.2) is 0 Å². The van der Waals surface area contributed by atoms with Crippen LogP contribution in [0.5, 0.6) is 0 Å². The van der Waals surface area contributed by atoms with Gasteiger partial charge in [-0.2, -0.15) is 0 Å². The van der Waals surface area contributed by atoms with Crippen LogP contribution < -0.4 is 0 Å². The molecule has 0 saturated carbocycles. The first-order valence-corrected chi connectivity index (χ1v) is 6.57. The molecule has 1 heterocycles. The van der Waals surface area contributed by atoms with E-state index in [-0.39, 0.29) is 11.9 Å². The Hall–Kier alpha value is -1.19. The molecule has 0 aromatic heterocycles. The van der Waals surface area contributed by atoms with E-state index < -0.39 is 0 Å². The van der Waals surface area contributed by atoms with Crippen LogP contribution in [0.2, 0.25) is 0 Å². The van der Waals surface area contributed by atoms with E-state index in [1.165, 1.54) is 0 Å². The van der Waals surface area contributed by atoms with Gasteiger partial charge < -0.3 is 5.11 Å². The molecule has 0 aliphatic carbocycles. The van der Waals surface area contributed by atoms with E-state index in [1.54, 1.807) is 0 Å². The summed E-state index contributed by atoms with van der Waals surface area (Å²) < 4.78 is 0. The molecular weight excluding hydrogens is 226 g/mol. The average Bonchev–Trinajstić information content (AvgIpc) is 2.32. The number of likely N-dealkylation sites (tertiary alicyclic amines) is 1. The third kappa shape index (κ3) is 3.18. The quantitative estimate of drug-likeness (QED) is 0.830. The maximum atomic E-state index is 12.3. The van der Waals surface area contributed by atoms with Crippen molar-refractivity contribution in [2.24, 2.45) is 0 Å². The summed E-state index contributed by atoms with van der Waals surface area (Å²) in [6, 6.07) is 5.97. The van der Waals surface area contributed by atoms with Crippen molar-refractivity contribution in [1.29, 1.82) is 0 Å². The molecule has 1 atom stereocenters. The van der Waals surface area contributed by atoms with Crippen molar-refractivity contribution < 1.29 is 9.90 Å². The number of nitrogens with zero attached hydrogens (tertiary/aromatic N) is 1. The largest absolute Gasteiger partial charge is 0.392 e. The Morgan fingerprint density at radius 1 is 1.44 bits per heavy atom. The first-order chi connectivity index (χ1) is 8.56. The molecule has 0 bridgehead atoms. The zero-order chi connectivity index (χ0) is 13.1. The second-order valence-electron chi connectivity index (χ2n) is 5.27. The minimum Gasteiger partial charge on any atom is -0.392 e. The second-order valence-corrected chi connectivity index (χ2v) is 5.27. The fourth-order valence-corrected chi connectivity index (χ4v) is 2.50. The number of carbonyl (C=O) groups is 1. The van der Waals surface area contributed by atoms with Crippen LogP contribution in [0.25, 0.3) is 0 Å². The zero-order valence-corrected chi connectivity index (χ0v) is 11.1. The van der Waals surface area contributed by atoms with Gasteiger partial charge in [0, 0.05) is 12.1 Å². The van der Waals surface area contributed by atoms with Crippen LogP contribution in [0, 0.1) is 13.8 Å². The number of aliphatic hydroxyl groups excluding tert-OH is 1. The number of aliphatic hydroxyl groups is 1. The molecule has 1 aliphatic heterocycles. The molecular formula is C15H21NO2. The van der Waals surface area contributed by atoms with Crippen molar-refractivity contribution in [3.8, 4) is 0 Å². The summed E-state index contributed by atoms with van der Waals surface area (Å²) >= 11 is 0. The highest BCUT2D eigenvalue weighted by Crippen LogP contribution is 2.14. The fourth-order valence-electron chi connectivity index (χ4n) is 2.50. The molecule has 1 aliphatic rings. The third-order valence-electron chi connectivity index (χ3n) is 3.54. The first kappa shape index (κ1) is 13.2. The van der Waals surface area contributed by atoms with Gasteiger partial charge in [-0.1, -0.05) is 17.7 Å². The highest BCUT2D eigenvalue weighted by Gasteiger charge is 2.20. The number of ketones is 1. The van der Waals surface area contributed by atoms with Gasteiger partial charge in [0.1, 0.15) is 0 Å². The third-order valence-corrected chi connectivity index (χ3v) is 3.54. The predicted molar refractivity (Wildman–Crippen MR) is 71.9 cm³/mol. The van der Waals surface area contributed by atoms with Gasteiger partial charge >= 0.3 is 0 Å². The Kier molecular flexibility index (Phi) is 4.15. The van der Waals surface area contributed by atoms with E-state index in [9.17, 15) is 9.90 Å². The Labute approximate surface area is 108 Å². The molecule has 2 rings (SSSR count). The summed E-state index contributed by atoms with van der Waals surface area (Å²) in [5.74, 6) is 0.158. The van der Waals surface area contributed by atoms with Crippen LogP contribution in [0.1, 0.15) is 34.3 Å². The summed E-state index contributed by atoms with van der Waals surface area (Å²) in [5, 5.41) is 9.61. The normalized spacial score (nSPS) is 20.9. The monoisotopic (exact) mass is 247 g/mol. The molecule has 3 nitrogen and oxygen atoms in total. The van der Waals surface area contributed by atoms with Crippen molar-refractivity contribution in [2.45, 2.75) is 32.8 Å². The lowest BCUT2D eigenvalue weighted by molar-refractivity contribution is 0.0634. The van der Waals surface area contributed by atoms with Gasteiger partial charge in [0.05, 0.1) is 12.6 Å². The fraction of sp³-hybridized carbons (Fsp3) is 0.533. The van der Waals surface area contributed by atoms with Crippen LogP contribution in [0.15, 0.2) is 18.2 Å². The van der Waals surface area contributed by atoms with Crippen molar-refractivity contribution >= 4 is 5.78 Å². The lowest BCUT2D eigenvalue weighted by Gasteiger charge is -2.29. The number of aryl methyl sites for hydroxylation is 2. The maximum absolute atomic E-state index is 12.3. The van der Waals surface area contributed by atoms with Gasteiger partial charge in [-0.3, -0.25) is 9.69 Å². The van der Waals surface area contributed by atoms with E-state index in [1.807, 2.05) is 32.0 Å². The maximum Gasteiger partial charge on any atom is 0.177 e. The molecule has 1 saturated heterocycles. The lowest BCUT2D eigenvalue weighted by atomic mass is 10.0. The Morgan fingerprint density at radius 3 is 2.94 bits per heavy atom. The van der Waals surface area contributed by atoms with Gasteiger partial charge in [0.2, 0.25) is 0 Å². The minimum atomic E-state index is -0.273. The summed E-state index contributed by atoms with van der Waals surface area (Å²) in [6.45, 7) is 5.92. The SMILES string of the molecule is Cc1ccc(C)c(C(=O)CN2CCCC(O)C2)c1. The van der Waals surface area contributed by atoms with Crippen LogP contribution in [0.4, 0.5) is 0 Å². The molecule has 1 unspecified atom stereocenters. The highest BCUT2D eigenvalue weighted by molar-refractivity contribution is 5.99.